The van der Waals surface area contributed by atoms with E-state index in [0.29, 0.717) is 5.91 Å². The Morgan fingerprint density at radius 2 is 1.66 bits per heavy atom. The first-order valence-corrected chi connectivity index (χ1v) is 11.1. The Bertz CT molecular complexity index is 828. The lowest BCUT2D eigenvalue weighted by molar-refractivity contribution is -0.137. The van der Waals surface area contributed by atoms with Crippen LogP contribution in [0.4, 0.5) is 10.1 Å². The molecule has 0 aliphatic carbocycles. The van der Waals surface area contributed by atoms with Crippen LogP contribution in [0, 0.1) is 11.7 Å². The maximum absolute atomic E-state index is 13.1. The number of anilines is 1. The molecule has 0 aromatic heterocycles. The van der Waals surface area contributed by atoms with Gasteiger partial charge in [0.2, 0.25) is 5.91 Å². The SMILES string of the molecule is O=C(C1CCN(Cc2cccc(Br)c2)CC1)N1CCN(c2ccc(F)cc2)CC1. The first-order chi connectivity index (χ1) is 14.1. The predicted molar refractivity (Wildman–Crippen MR) is 117 cm³/mol. The minimum atomic E-state index is -0.214. The number of carbonyl (C=O) groups is 1. The maximum atomic E-state index is 13.1. The highest BCUT2D eigenvalue weighted by molar-refractivity contribution is 9.10. The van der Waals surface area contributed by atoms with Crippen LogP contribution in [-0.4, -0.2) is 55.0 Å². The van der Waals surface area contributed by atoms with Crippen LogP contribution in [-0.2, 0) is 11.3 Å². The highest BCUT2D eigenvalue weighted by atomic mass is 79.9. The Balaban J connectivity index is 1.24. The maximum Gasteiger partial charge on any atom is 0.225 e. The van der Waals surface area contributed by atoms with Crippen LogP contribution in [0.5, 0.6) is 0 Å². The zero-order valence-electron chi connectivity index (χ0n) is 16.6. The average molecular weight is 460 g/mol. The largest absolute Gasteiger partial charge is 0.368 e. The average Bonchev–Trinajstić information content (AvgIpc) is 2.75. The molecule has 0 unspecified atom stereocenters. The van der Waals surface area contributed by atoms with E-state index >= 15 is 0 Å². The van der Waals surface area contributed by atoms with Gasteiger partial charge >= 0.3 is 0 Å². The van der Waals surface area contributed by atoms with Crippen LogP contribution in [0.25, 0.3) is 0 Å². The van der Waals surface area contributed by atoms with Crippen LogP contribution in [0.15, 0.2) is 53.0 Å². The Kier molecular flexibility index (Phi) is 6.50. The van der Waals surface area contributed by atoms with Gasteiger partial charge in [-0.05, 0) is 67.9 Å². The number of likely N-dealkylation sites (tertiary alicyclic amines) is 1. The molecular weight excluding hydrogens is 433 g/mol. The van der Waals surface area contributed by atoms with Crippen molar-refractivity contribution in [2.75, 3.05) is 44.2 Å². The van der Waals surface area contributed by atoms with Gasteiger partial charge in [-0.1, -0.05) is 28.1 Å². The van der Waals surface area contributed by atoms with Crippen LogP contribution >= 0.6 is 15.9 Å². The second-order valence-corrected chi connectivity index (χ2v) is 8.88. The van der Waals surface area contributed by atoms with Crippen molar-refractivity contribution in [3.63, 3.8) is 0 Å². The van der Waals surface area contributed by atoms with Gasteiger partial charge in [0.1, 0.15) is 5.82 Å². The van der Waals surface area contributed by atoms with Gasteiger partial charge in [-0.2, -0.15) is 0 Å². The molecule has 0 N–H and O–H groups in total. The first-order valence-electron chi connectivity index (χ1n) is 10.3. The summed E-state index contributed by atoms with van der Waals surface area (Å²) in [6.45, 7) is 5.98. The highest BCUT2D eigenvalue weighted by Gasteiger charge is 2.30. The van der Waals surface area contributed by atoms with Gasteiger partial charge in [0, 0.05) is 48.8 Å². The second-order valence-electron chi connectivity index (χ2n) is 7.97. The Morgan fingerprint density at radius 1 is 0.966 bits per heavy atom. The van der Waals surface area contributed by atoms with Gasteiger partial charge < -0.3 is 9.80 Å². The summed E-state index contributed by atoms with van der Waals surface area (Å²) in [5, 5.41) is 0. The fourth-order valence-corrected chi connectivity index (χ4v) is 4.77. The zero-order chi connectivity index (χ0) is 20.2. The number of halogens is 2. The summed E-state index contributed by atoms with van der Waals surface area (Å²) < 4.78 is 14.2. The lowest BCUT2D eigenvalue weighted by atomic mass is 9.94. The van der Waals surface area contributed by atoms with Crippen LogP contribution in [0.3, 0.4) is 0 Å². The van der Waals surface area contributed by atoms with E-state index in [4.69, 9.17) is 0 Å². The first kappa shape index (κ1) is 20.4. The molecule has 2 fully saturated rings. The molecule has 2 saturated heterocycles. The lowest BCUT2D eigenvalue weighted by Gasteiger charge is -2.39. The van der Waals surface area contributed by atoms with Crippen molar-refractivity contribution in [1.29, 1.82) is 0 Å². The molecule has 2 aliphatic heterocycles. The molecule has 0 bridgehead atoms. The Hall–Kier alpha value is -1.92. The number of hydrogen-bond acceptors (Lipinski definition) is 3. The monoisotopic (exact) mass is 459 g/mol. The molecule has 0 spiro atoms. The van der Waals surface area contributed by atoms with E-state index in [2.05, 4.69) is 43.9 Å². The van der Waals surface area contributed by atoms with E-state index in [9.17, 15) is 9.18 Å². The molecule has 29 heavy (non-hydrogen) atoms. The van der Waals surface area contributed by atoms with Crippen molar-refractivity contribution in [3.05, 3.63) is 64.4 Å². The van der Waals surface area contributed by atoms with E-state index in [1.807, 2.05) is 23.1 Å². The van der Waals surface area contributed by atoms with Crippen LogP contribution in [0.2, 0.25) is 0 Å². The molecule has 4 nitrogen and oxygen atoms in total. The van der Waals surface area contributed by atoms with Crippen molar-refractivity contribution in [3.8, 4) is 0 Å². The van der Waals surface area contributed by atoms with Crippen molar-refractivity contribution >= 4 is 27.5 Å². The van der Waals surface area contributed by atoms with E-state index in [1.165, 1.54) is 17.7 Å². The molecule has 154 valence electrons. The van der Waals surface area contributed by atoms with Gasteiger partial charge in [-0.3, -0.25) is 9.69 Å². The fraction of sp³-hybridized carbons (Fsp3) is 0.435. The van der Waals surface area contributed by atoms with Crippen molar-refractivity contribution in [2.24, 2.45) is 5.92 Å². The molecule has 0 saturated carbocycles. The van der Waals surface area contributed by atoms with Gasteiger partial charge in [-0.15, -0.1) is 0 Å². The summed E-state index contributed by atoms with van der Waals surface area (Å²) in [5.41, 5.74) is 2.33. The molecule has 0 radical (unpaired) electrons. The van der Waals surface area contributed by atoms with Crippen molar-refractivity contribution < 1.29 is 9.18 Å². The van der Waals surface area contributed by atoms with E-state index in [1.54, 1.807) is 0 Å². The molecule has 2 aromatic rings. The van der Waals surface area contributed by atoms with E-state index < -0.39 is 0 Å². The number of carbonyl (C=O) groups excluding carboxylic acids is 1. The van der Waals surface area contributed by atoms with Gasteiger partial charge in [0.15, 0.2) is 0 Å². The Labute approximate surface area is 180 Å². The third-order valence-electron chi connectivity index (χ3n) is 6.02. The van der Waals surface area contributed by atoms with E-state index in [-0.39, 0.29) is 11.7 Å². The smallest absolute Gasteiger partial charge is 0.225 e. The molecule has 0 atom stereocenters. The summed E-state index contributed by atoms with van der Waals surface area (Å²) in [5.74, 6) is 0.241. The molecule has 6 heteroatoms. The zero-order valence-corrected chi connectivity index (χ0v) is 18.2. The summed E-state index contributed by atoms with van der Waals surface area (Å²) in [4.78, 5) is 19.7. The Morgan fingerprint density at radius 3 is 2.31 bits per heavy atom. The van der Waals surface area contributed by atoms with Crippen LogP contribution in [0.1, 0.15) is 18.4 Å². The summed E-state index contributed by atoms with van der Waals surface area (Å²) in [6.07, 6.45) is 1.87. The summed E-state index contributed by atoms with van der Waals surface area (Å²) in [6, 6.07) is 15.1. The number of hydrogen-bond donors (Lipinski definition) is 0. The number of nitrogens with zero attached hydrogens (tertiary/aromatic N) is 3. The quantitative estimate of drug-likeness (QED) is 0.686. The van der Waals surface area contributed by atoms with Crippen molar-refractivity contribution in [1.82, 2.24) is 9.80 Å². The highest BCUT2D eigenvalue weighted by Crippen LogP contribution is 2.24. The van der Waals surface area contributed by atoms with Gasteiger partial charge in [-0.25, -0.2) is 4.39 Å². The molecule has 2 heterocycles. The predicted octanol–water partition coefficient (Wildman–Crippen LogP) is 4.15. The summed E-state index contributed by atoms with van der Waals surface area (Å²) in [7, 11) is 0. The fourth-order valence-electron chi connectivity index (χ4n) is 4.33. The third kappa shape index (κ3) is 5.17. The normalized spacial score (nSPS) is 18.8. The summed E-state index contributed by atoms with van der Waals surface area (Å²) >= 11 is 3.53. The third-order valence-corrected chi connectivity index (χ3v) is 6.51. The van der Waals surface area contributed by atoms with Gasteiger partial charge in [0.25, 0.3) is 0 Å². The number of amides is 1. The van der Waals surface area contributed by atoms with E-state index in [0.717, 1.165) is 68.8 Å². The topological polar surface area (TPSA) is 26.8 Å². The number of benzene rings is 2. The van der Waals surface area contributed by atoms with Crippen molar-refractivity contribution in [2.45, 2.75) is 19.4 Å². The lowest BCUT2D eigenvalue weighted by Crippen LogP contribution is -2.51. The molecule has 4 rings (SSSR count). The minimum Gasteiger partial charge on any atom is -0.368 e. The molecule has 2 aliphatic rings. The minimum absolute atomic E-state index is 0.145. The number of rotatable bonds is 4. The number of piperazine rings is 1. The molecular formula is C23H27BrFN3O. The van der Waals surface area contributed by atoms with Crippen LogP contribution < -0.4 is 4.90 Å². The van der Waals surface area contributed by atoms with Gasteiger partial charge in [0.05, 0.1) is 0 Å². The second kappa shape index (κ2) is 9.26. The molecule has 1 amide bonds. The molecule has 2 aromatic carbocycles. The number of piperidine rings is 1. The standard InChI is InChI=1S/C23H27BrFN3O/c24-20-3-1-2-18(16-20)17-26-10-8-19(9-11-26)23(29)28-14-12-27(13-15-28)22-6-4-21(25)5-7-22/h1-7,16,19H,8-15,17H2.